The first-order chi connectivity index (χ1) is 11.6. The van der Waals surface area contributed by atoms with Crippen LogP contribution in [-0.2, 0) is 16.0 Å². The molecule has 24 heavy (non-hydrogen) atoms. The first kappa shape index (κ1) is 17.3. The van der Waals surface area contributed by atoms with Crippen molar-refractivity contribution in [3.05, 3.63) is 41.6 Å². The van der Waals surface area contributed by atoms with Crippen molar-refractivity contribution in [2.75, 3.05) is 32.7 Å². The summed E-state index contributed by atoms with van der Waals surface area (Å²) in [7, 11) is 0. The fourth-order valence-corrected chi connectivity index (χ4v) is 2.37. The fraction of sp³-hybridized carbons (Fsp3) is 0.353. The van der Waals surface area contributed by atoms with Crippen molar-refractivity contribution >= 4 is 12.3 Å². The van der Waals surface area contributed by atoms with Crippen LogP contribution in [-0.4, -0.2) is 59.9 Å². The van der Waals surface area contributed by atoms with Crippen molar-refractivity contribution < 1.29 is 14.7 Å². The van der Waals surface area contributed by atoms with E-state index in [1.54, 1.807) is 35.4 Å². The van der Waals surface area contributed by atoms with Crippen molar-refractivity contribution in [1.82, 2.24) is 15.1 Å². The molecule has 1 aromatic rings. The van der Waals surface area contributed by atoms with Gasteiger partial charge in [-0.15, -0.1) is 0 Å². The zero-order valence-corrected chi connectivity index (χ0v) is 13.3. The van der Waals surface area contributed by atoms with Gasteiger partial charge in [0.05, 0.1) is 0 Å². The molecular formula is C17H20N4O3. The molecule has 7 nitrogen and oxygen atoms in total. The van der Waals surface area contributed by atoms with E-state index < -0.39 is 5.91 Å². The lowest BCUT2D eigenvalue weighted by molar-refractivity contribution is -0.119. The van der Waals surface area contributed by atoms with Gasteiger partial charge in [0.15, 0.2) is 0 Å². The van der Waals surface area contributed by atoms with Gasteiger partial charge >= 0.3 is 0 Å². The molecule has 126 valence electrons. The molecule has 1 aromatic carbocycles. The Hall–Kier alpha value is -3.01. The minimum absolute atomic E-state index is 0.0558. The number of carbonyl (C=O) groups excluding carboxylic acids is 2. The Morgan fingerprint density at radius 1 is 1.21 bits per heavy atom. The van der Waals surface area contributed by atoms with Crippen LogP contribution in [0.3, 0.4) is 0 Å². The van der Waals surface area contributed by atoms with E-state index in [1.165, 1.54) is 0 Å². The van der Waals surface area contributed by atoms with Crippen molar-refractivity contribution in [2.45, 2.75) is 6.42 Å². The number of nitrogens with zero attached hydrogens (tertiary/aromatic N) is 3. The van der Waals surface area contributed by atoms with Crippen LogP contribution in [0.15, 0.2) is 36.0 Å². The van der Waals surface area contributed by atoms with E-state index in [-0.39, 0.29) is 11.3 Å². The number of phenolic OH excluding ortho intramolecular Hbond substituents is 1. The van der Waals surface area contributed by atoms with Gasteiger partial charge in [0, 0.05) is 38.9 Å². The Balaban J connectivity index is 1.83. The molecule has 1 fully saturated rings. The second kappa shape index (κ2) is 8.58. The van der Waals surface area contributed by atoms with E-state index in [9.17, 15) is 20.0 Å². The number of amides is 2. The van der Waals surface area contributed by atoms with E-state index in [0.29, 0.717) is 39.1 Å². The monoisotopic (exact) mass is 328 g/mol. The molecule has 0 aromatic heterocycles. The highest BCUT2D eigenvalue weighted by atomic mass is 16.3. The van der Waals surface area contributed by atoms with E-state index in [2.05, 4.69) is 5.32 Å². The SMILES string of the molecule is N#C/C(=C/N1CCN(C=O)CC1)C(=O)NCCc1ccc(O)cc1. The average Bonchev–Trinajstić information content (AvgIpc) is 2.61. The average molecular weight is 328 g/mol. The van der Waals surface area contributed by atoms with Gasteiger partial charge in [-0.3, -0.25) is 9.59 Å². The topological polar surface area (TPSA) is 96.7 Å². The molecule has 1 aliphatic heterocycles. The van der Waals surface area contributed by atoms with Crippen LogP contribution in [0.1, 0.15) is 5.56 Å². The van der Waals surface area contributed by atoms with Gasteiger partial charge in [-0.1, -0.05) is 12.1 Å². The van der Waals surface area contributed by atoms with Crippen molar-refractivity contribution in [2.24, 2.45) is 0 Å². The molecule has 0 saturated carbocycles. The third kappa shape index (κ3) is 5.02. The molecule has 1 saturated heterocycles. The lowest BCUT2D eigenvalue weighted by Crippen LogP contribution is -2.43. The molecule has 2 N–H and O–H groups in total. The second-order valence-electron chi connectivity index (χ2n) is 5.50. The fourth-order valence-electron chi connectivity index (χ4n) is 2.37. The quantitative estimate of drug-likeness (QED) is 0.443. The first-order valence-electron chi connectivity index (χ1n) is 7.74. The molecule has 0 atom stereocenters. The molecule has 1 aliphatic rings. The number of benzene rings is 1. The molecule has 2 amide bonds. The predicted molar refractivity (Wildman–Crippen MR) is 87.7 cm³/mol. The van der Waals surface area contributed by atoms with Crippen LogP contribution in [0.2, 0.25) is 0 Å². The van der Waals surface area contributed by atoms with Gasteiger partial charge in [0.25, 0.3) is 5.91 Å². The maximum absolute atomic E-state index is 12.1. The summed E-state index contributed by atoms with van der Waals surface area (Å²) in [5.74, 6) is -0.207. The van der Waals surface area contributed by atoms with Crippen molar-refractivity contribution in [3.8, 4) is 11.8 Å². The zero-order valence-electron chi connectivity index (χ0n) is 13.3. The molecule has 0 spiro atoms. The molecule has 0 aliphatic carbocycles. The maximum atomic E-state index is 12.1. The van der Waals surface area contributed by atoms with E-state index >= 15 is 0 Å². The summed E-state index contributed by atoms with van der Waals surface area (Å²) in [6.45, 7) is 2.78. The minimum atomic E-state index is -0.408. The van der Waals surface area contributed by atoms with Gasteiger partial charge in [0.1, 0.15) is 17.4 Å². The first-order valence-corrected chi connectivity index (χ1v) is 7.74. The number of hydrogen-bond acceptors (Lipinski definition) is 5. The highest BCUT2D eigenvalue weighted by Crippen LogP contribution is 2.09. The number of phenols is 1. The number of aromatic hydroxyl groups is 1. The largest absolute Gasteiger partial charge is 0.508 e. The number of rotatable bonds is 6. The predicted octanol–water partition coefficient (Wildman–Crippen LogP) is 0.232. The molecular weight excluding hydrogens is 308 g/mol. The van der Waals surface area contributed by atoms with E-state index in [1.807, 2.05) is 11.0 Å². The molecule has 7 heteroatoms. The lowest BCUT2D eigenvalue weighted by atomic mass is 10.1. The van der Waals surface area contributed by atoms with E-state index in [0.717, 1.165) is 12.0 Å². The Bertz CT molecular complexity index is 641. The number of nitriles is 1. The van der Waals surface area contributed by atoms with Gasteiger partial charge in [-0.25, -0.2) is 0 Å². The highest BCUT2D eigenvalue weighted by Gasteiger charge is 2.15. The second-order valence-corrected chi connectivity index (χ2v) is 5.50. The Kier molecular flexibility index (Phi) is 6.20. The van der Waals surface area contributed by atoms with Crippen LogP contribution in [0.25, 0.3) is 0 Å². The summed E-state index contributed by atoms with van der Waals surface area (Å²) in [5.41, 5.74) is 1.04. The molecule has 0 radical (unpaired) electrons. The van der Waals surface area contributed by atoms with Gasteiger partial charge in [-0.05, 0) is 24.1 Å². The van der Waals surface area contributed by atoms with Gasteiger partial charge in [-0.2, -0.15) is 5.26 Å². The van der Waals surface area contributed by atoms with Crippen molar-refractivity contribution in [1.29, 1.82) is 5.26 Å². The number of piperazine rings is 1. The van der Waals surface area contributed by atoms with Gasteiger partial charge in [0.2, 0.25) is 6.41 Å². The summed E-state index contributed by atoms with van der Waals surface area (Å²) in [5, 5.41) is 21.1. The summed E-state index contributed by atoms with van der Waals surface area (Å²) >= 11 is 0. The third-order valence-corrected chi connectivity index (χ3v) is 3.81. The third-order valence-electron chi connectivity index (χ3n) is 3.81. The number of carbonyl (C=O) groups is 2. The smallest absolute Gasteiger partial charge is 0.263 e. The Morgan fingerprint density at radius 3 is 2.42 bits per heavy atom. The standard InChI is InChI=1S/C17H20N4O3/c18-11-15(12-20-7-9-21(13-22)10-8-20)17(24)19-6-5-14-1-3-16(23)4-2-14/h1-4,12-13,23H,5-10H2,(H,19,24)/b15-12-. The number of nitrogens with one attached hydrogen (secondary N) is 1. The lowest BCUT2D eigenvalue weighted by Gasteiger charge is -2.31. The summed E-state index contributed by atoms with van der Waals surface area (Å²) in [6, 6.07) is 8.68. The summed E-state index contributed by atoms with van der Waals surface area (Å²) < 4.78 is 0. The maximum Gasteiger partial charge on any atom is 0.263 e. The summed E-state index contributed by atoms with van der Waals surface area (Å²) in [4.78, 5) is 26.3. The van der Waals surface area contributed by atoms with E-state index in [4.69, 9.17) is 0 Å². The van der Waals surface area contributed by atoms with Crippen LogP contribution >= 0.6 is 0 Å². The van der Waals surface area contributed by atoms with Gasteiger partial charge < -0.3 is 20.2 Å². The normalized spacial score (nSPS) is 14.9. The molecule has 1 heterocycles. The Morgan fingerprint density at radius 2 is 1.83 bits per heavy atom. The molecule has 0 unspecified atom stereocenters. The van der Waals surface area contributed by atoms with Crippen LogP contribution < -0.4 is 5.32 Å². The molecule has 2 rings (SSSR count). The van der Waals surface area contributed by atoms with Crippen molar-refractivity contribution in [3.63, 3.8) is 0 Å². The van der Waals surface area contributed by atoms with Crippen LogP contribution in [0.5, 0.6) is 5.75 Å². The van der Waals surface area contributed by atoms with Crippen LogP contribution in [0.4, 0.5) is 0 Å². The number of hydrogen-bond donors (Lipinski definition) is 2. The Labute approximate surface area is 140 Å². The highest BCUT2D eigenvalue weighted by molar-refractivity contribution is 5.97. The summed E-state index contributed by atoms with van der Waals surface area (Å²) in [6.07, 6.45) is 2.98. The zero-order chi connectivity index (χ0) is 17.4. The minimum Gasteiger partial charge on any atom is -0.508 e. The molecule has 0 bridgehead atoms. The van der Waals surface area contributed by atoms with Crippen LogP contribution in [0, 0.1) is 11.3 Å².